The van der Waals surface area contributed by atoms with Crippen LogP contribution in [0.1, 0.15) is 37.1 Å². The molecule has 1 aliphatic carbocycles. The van der Waals surface area contributed by atoms with E-state index in [1.54, 1.807) is 0 Å². The van der Waals surface area contributed by atoms with Crippen LogP contribution in [0.4, 0.5) is 0 Å². The average Bonchev–Trinajstić information content (AvgIpc) is 2.73. The fourth-order valence-corrected chi connectivity index (χ4v) is 2.21. The maximum Gasteiger partial charge on any atom is 0.0605 e. The van der Waals surface area contributed by atoms with Gasteiger partial charge in [0, 0.05) is 19.4 Å². The zero-order valence-corrected chi connectivity index (χ0v) is 9.91. The Morgan fingerprint density at radius 2 is 2.50 bits per heavy atom. The Morgan fingerprint density at radius 3 is 3.38 bits per heavy atom. The first-order valence-electron chi connectivity index (χ1n) is 6.16. The van der Waals surface area contributed by atoms with Gasteiger partial charge in [0.05, 0.1) is 11.7 Å². The molecule has 1 aromatic heterocycles. The second-order valence-corrected chi connectivity index (χ2v) is 4.14. The van der Waals surface area contributed by atoms with Crippen LogP contribution in [0.5, 0.6) is 0 Å². The summed E-state index contributed by atoms with van der Waals surface area (Å²) in [5.41, 5.74) is 2.66. The molecule has 0 radical (unpaired) electrons. The summed E-state index contributed by atoms with van der Waals surface area (Å²) in [6.07, 6.45) is 5.30. The van der Waals surface area contributed by atoms with Gasteiger partial charge >= 0.3 is 0 Å². The van der Waals surface area contributed by atoms with Crippen LogP contribution in [-0.4, -0.2) is 24.7 Å². The number of nitrogens with zero attached hydrogens (tertiary/aromatic N) is 1. The van der Waals surface area contributed by atoms with Crippen LogP contribution in [0, 0.1) is 0 Å². The molecule has 2 rings (SSSR count). The average molecular weight is 220 g/mol. The molecule has 0 saturated carbocycles. The van der Waals surface area contributed by atoms with Gasteiger partial charge in [-0.15, -0.1) is 0 Å². The second-order valence-electron chi connectivity index (χ2n) is 4.14. The van der Waals surface area contributed by atoms with E-state index in [0.717, 1.165) is 32.6 Å². The molecule has 1 aliphatic rings. The molecule has 0 amide bonds. The summed E-state index contributed by atoms with van der Waals surface area (Å²) in [4.78, 5) is 4.46. The van der Waals surface area contributed by atoms with Crippen molar-refractivity contribution in [1.29, 1.82) is 0 Å². The van der Waals surface area contributed by atoms with Crippen molar-refractivity contribution in [3.63, 3.8) is 0 Å². The van der Waals surface area contributed by atoms with E-state index < -0.39 is 0 Å². The maximum absolute atomic E-state index is 5.31. The Labute approximate surface area is 97.2 Å². The molecule has 0 aromatic carbocycles. The fraction of sp³-hybridized carbons (Fsp3) is 0.615. The molecule has 88 valence electrons. The molecule has 0 bridgehead atoms. The standard InChI is InChI=1S/C13H20N2O/c1-2-16-10-4-9-14-12-7-6-11-5-3-8-15-13(11)12/h3,5,8,12,14H,2,4,6-7,9-10H2,1H3. The van der Waals surface area contributed by atoms with Gasteiger partial charge < -0.3 is 10.1 Å². The van der Waals surface area contributed by atoms with E-state index >= 15 is 0 Å². The second kappa shape index (κ2) is 5.97. The number of aryl methyl sites for hydroxylation is 1. The number of hydrogen-bond acceptors (Lipinski definition) is 3. The van der Waals surface area contributed by atoms with Crippen molar-refractivity contribution >= 4 is 0 Å². The number of fused-ring (bicyclic) bond motifs is 1. The Balaban J connectivity index is 1.76. The summed E-state index contributed by atoms with van der Waals surface area (Å²) in [5, 5.41) is 3.55. The maximum atomic E-state index is 5.31. The van der Waals surface area contributed by atoms with Crippen LogP contribution in [0.15, 0.2) is 18.3 Å². The summed E-state index contributed by atoms with van der Waals surface area (Å²) in [7, 11) is 0. The summed E-state index contributed by atoms with van der Waals surface area (Å²) in [6.45, 7) is 4.71. The number of pyridine rings is 1. The summed E-state index contributed by atoms with van der Waals surface area (Å²) >= 11 is 0. The molecule has 0 aliphatic heterocycles. The van der Waals surface area contributed by atoms with E-state index in [9.17, 15) is 0 Å². The van der Waals surface area contributed by atoms with Crippen molar-refractivity contribution in [1.82, 2.24) is 10.3 Å². The Hall–Kier alpha value is -0.930. The monoisotopic (exact) mass is 220 g/mol. The molecule has 1 N–H and O–H groups in total. The molecular formula is C13H20N2O. The van der Waals surface area contributed by atoms with Gasteiger partial charge in [-0.1, -0.05) is 6.07 Å². The highest BCUT2D eigenvalue weighted by Gasteiger charge is 2.22. The predicted octanol–water partition coefficient (Wildman–Crippen LogP) is 2.09. The van der Waals surface area contributed by atoms with Gasteiger partial charge in [-0.3, -0.25) is 4.98 Å². The van der Waals surface area contributed by atoms with Gasteiger partial charge in [0.2, 0.25) is 0 Å². The van der Waals surface area contributed by atoms with E-state index in [1.165, 1.54) is 17.7 Å². The number of hydrogen-bond donors (Lipinski definition) is 1. The highest BCUT2D eigenvalue weighted by Crippen LogP contribution is 2.28. The minimum Gasteiger partial charge on any atom is -0.382 e. The van der Waals surface area contributed by atoms with Gasteiger partial charge in [0.15, 0.2) is 0 Å². The third-order valence-corrected chi connectivity index (χ3v) is 3.02. The van der Waals surface area contributed by atoms with Crippen molar-refractivity contribution in [2.24, 2.45) is 0 Å². The van der Waals surface area contributed by atoms with Gasteiger partial charge in [-0.05, 0) is 44.4 Å². The van der Waals surface area contributed by atoms with Crippen molar-refractivity contribution < 1.29 is 4.74 Å². The smallest absolute Gasteiger partial charge is 0.0605 e. The lowest BCUT2D eigenvalue weighted by Gasteiger charge is -2.12. The summed E-state index contributed by atoms with van der Waals surface area (Å²) in [6, 6.07) is 4.67. The third-order valence-electron chi connectivity index (χ3n) is 3.02. The summed E-state index contributed by atoms with van der Waals surface area (Å²) in [5.74, 6) is 0. The molecule has 0 spiro atoms. The fourth-order valence-electron chi connectivity index (χ4n) is 2.21. The normalized spacial score (nSPS) is 18.7. The van der Waals surface area contributed by atoms with Crippen molar-refractivity contribution in [2.45, 2.75) is 32.2 Å². The first-order chi connectivity index (χ1) is 7.92. The van der Waals surface area contributed by atoms with Gasteiger partial charge in [0.1, 0.15) is 0 Å². The van der Waals surface area contributed by atoms with Crippen molar-refractivity contribution in [3.05, 3.63) is 29.6 Å². The quantitative estimate of drug-likeness (QED) is 0.745. The van der Waals surface area contributed by atoms with Crippen LogP contribution in [0.3, 0.4) is 0 Å². The number of ether oxygens (including phenoxy) is 1. The largest absolute Gasteiger partial charge is 0.382 e. The zero-order valence-electron chi connectivity index (χ0n) is 9.91. The topological polar surface area (TPSA) is 34.1 Å². The predicted molar refractivity (Wildman–Crippen MR) is 64.4 cm³/mol. The molecule has 1 heterocycles. The van der Waals surface area contributed by atoms with Gasteiger partial charge in [-0.25, -0.2) is 0 Å². The molecule has 1 unspecified atom stereocenters. The first-order valence-corrected chi connectivity index (χ1v) is 6.16. The number of aromatic nitrogens is 1. The molecule has 3 heteroatoms. The molecule has 3 nitrogen and oxygen atoms in total. The molecular weight excluding hydrogens is 200 g/mol. The minimum atomic E-state index is 0.456. The van der Waals surface area contributed by atoms with Crippen LogP contribution in [0.2, 0.25) is 0 Å². The number of nitrogens with one attached hydrogen (secondary N) is 1. The van der Waals surface area contributed by atoms with E-state index in [-0.39, 0.29) is 0 Å². The minimum absolute atomic E-state index is 0.456. The molecule has 0 saturated heterocycles. The van der Waals surface area contributed by atoms with E-state index in [4.69, 9.17) is 4.74 Å². The van der Waals surface area contributed by atoms with Crippen molar-refractivity contribution in [3.8, 4) is 0 Å². The highest BCUT2D eigenvalue weighted by molar-refractivity contribution is 5.27. The van der Waals surface area contributed by atoms with E-state index in [2.05, 4.69) is 16.4 Å². The van der Waals surface area contributed by atoms with Gasteiger partial charge in [-0.2, -0.15) is 0 Å². The first kappa shape index (κ1) is 11.6. The Kier molecular flexibility index (Phi) is 4.31. The lowest BCUT2D eigenvalue weighted by molar-refractivity contribution is 0.144. The SMILES string of the molecule is CCOCCCNC1CCc2cccnc21. The Morgan fingerprint density at radius 1 is 1.56 bits per heavy atom. The third kappa shape index (κ3) is 2.80. The lowest BCUT2D eigenvalue weighted by Crippen LogP contribution is -2.22. The van der Waals surface area contributed by atoms with E-state index in [1.807, 2.05) is 19.2 Å². The van der Waals surface area contributed by atoms with Crippen molar-refractivity contribution in [2.75, 3.05) is 19.8 Å². The zero-order chi connectivity index (χ0) is 11.2. The Bertz CT molecular complexity index is 327. The van der Waals surface area contributed by atoms with Crippen LogP contribution in [-0.2, 0) is 11.2 Å². The van der Waals surface area contributed by atoms with Gasteiger partial charge in [0.25, 0.3) is 0 Å². The lowest BCUT2D eigenvalue weighted by atomic mass is 10.2. The van der Waals surface area contributed by atoms with Crippen LogP contribution < -0.4 is 5.32 Å². The molecule has 1 atom stereocenters. The van der Waals surface area contributed by atoms with Crippen LogP contribution >= 0.6 is 0 Å². The summed E-state index contributed by atoms with van der Waals surface area (Å²) < 4.78 is 5.31. The van der Waals surface area contributed by atoms with E-state index in [0.29, 0.717) is 6.04 Å². The molecule has 1 aromatic rings. The molecule has 0 fully saturated rings. The number of rotatable bonds is 6. The molecule has 16 heavy (non-hydrogen) atoms. The van der Waals surface area contributed by atoms with Crippen LogP contribution in [0.25, 0.3) is 0 Å². The highest BCUT2D eigenvalue weighted by atomic mass is 16.5.